The van der Waals surface area contributed by atoms with Crippen LogP contribution in [0, 0.1) is 6.92 Å². The summed E-state index contributed by atoms with van der Waals surface area (Å²) >= 11 is 0. The van der Waals surface area contributed by atoms with Crippen molar-refractivity contribution >= 4 is 29.9 Å². The van der Waals surface area contributed by atoms with E-state index in [0.29, 0.717) is 6.54 Å². The van der Waals surface area contributed by atoms with Crippen molar-refractivity contribution in [1.82, 2.24) is 15.5 Å². The van der Waals surface area contributed by atoms with Crippen LogP contribution in [-0.4, -0.2) is 45.7 Å². The van der Waals surface area contributed by atoms with Gasteiger partial charge in [-0.3, -0.25) is 4.99 Å². The molecular weight excluding hydrogens is 451 g/mol. The number of likely N-dealkylation sites (N-methyl/N-ethyl adjacent to an activating group) is 1. The molecule has 0 aromatic heterocycles. The van der Waals surface area contributed by atoms with E-state index in [2.05, 4.69) is 77.9 Å². The van der Waals surface area contributed by atoms with Gasteiger partial charge in [-0.15, -0.1) is 24.0 Å². The Labute approximate surface area is 180 Å². The summed E-state index contributed by atoms with van der Waals surface area (Å²) < 4.78 is 5.47. The Kier molecular flexibility index (Phi) is 10.2. The number of methoxy groups -OCH3 is 1. The maximum atomic E-state index is 5.47. The fraction of sp³-hybridized carbons (Fsp3) is 0.381. The zero-order valence-electron chi connectivity index (χ0n) is 16.8. The minimum Gasteiger partial charge on any atom is -0.496 e. The number of aliphatic imine (C=N–C) groups is 1. The molecule has 2 aromatic rings. The van der Waals surface area contributed by atoms with E-state index in [1.807, 2.05) is 12.1 Å². The summed E-state index contributed by atoms with van der Waals surface area (Å²) in [5.41, 5.74) is 3.57. The van der Waals surface area contributed by atoms with Gasteiger partial charge in [0, 0.05) is 25.7 Å². The highest BCUT2D eigenvalue weighted by Crippen LogP contribution is 2.20. The first-order valence-electron chi connectivity index (χ1n) is 8.84. The van der Waals surface area contributed by atoms with Gasteiger partial charge in [-0.25, -0.2) is 0 Å². The molecule has 0 bridgehead atoms. The molecule has 148 valence electrons. The molecule has 0 fully saturated rings. The molecule has 5 nitrogen and oxygen atoms in total. The van der Waals surface area contributed by atoms with E-state index in [1.54, 1.807) is 14.2 Å². The zero-order valence-corrected chi connectivity index (χ0v) is 19.2. The number of nitrogens with one attached hydrogen (secondary N) is 2. The van der Waals surface area contributed by atoms with Crippen molar-refractivity contribution < 1.29 is 4.74 Å². The lowest BCUT2D eigenvalue weighted by Gasteiger charge is -2.26. The first-order valence-corrected chi connectivity index (χ1v) is 8.84. The third-order valence-electron chi connectivity index (χ3n) is 4.38. The van der Waals surface area contributed by atoms with Crippen molar-refractivity contribution in [2.75, 3.05) is 34.8 Å². The summed E-state index contributed by atoms with van der Waals surface area (Å²) in [6, 6.07) is 17.0. The predicted molar refractivity (Wildman–Crippen MR) is 124 cm³/mol. The molecule has 0 aliphatic carbocycles. The van der Waals surface area contributed by atoms with Crippen molar-refractivity contribution in [2.45, 2.75) is 19.5 Å². The number of guanidine groups is 1. The van der Waals surface area contributed by atoms with Crippen molar-refractivity contribution in [3.05, 3.63) is 65.2 Å². The van der Waals surface area contributed by atoms with Crippen LogP contribution in [0.25, 0.3) is 0 Å². The minimum atomic E-state index is 0. The van der Waals surface area contributed by atoms with Crippen molar-refractivity contribution in [1.29, 1.82) is 0 Å². The average molecular weight is 482 g/mol. The normalized spacial score (nSPS) is 12.3. The molecule has 2 aromatic carbocycles. The molecule has 2 N–H and O–H groups in total. The molecule has 0 saturated carbocycles. The summed E-state index contributed by atoms with van der Waals surface area (Å²) in [5, 5.41) is 6.79. The maximum Gasteiger partial charge on any atom is 0.191 e. The minimum absolute atomic E-state index is 0. The molecule has 0 saturated heterocycles. The molecule has 6 heteroatoms. The van der Waals surface area contributed by atoms with Crippen LogP contribution < -0.4 is 15.4 Å². The molecule has 2 rings (SSSR count). The number of rotatable bonds is 7. The van der Waals surface area contributed by atoms with Crippen molar-refractivity contribution in [2.24, 2.45) is 4.99 Å². The van der Waals surface area contributed by atoms with Crippen LogP contribution >= 0.6 is 24.0 Å². The molecule has 0 aliphatic rings. The number of benzene rings is 2. The summed E-state index contributed by atoms with van der Waals surface area (Å²) in [6.07, 6.45) is 0. The molecule has 0 spiro atoms. The van der Waals surface area contributed by atoms with E-state index < -0.39 is 0 Å². The fourth-order valence-electron chi connectivity index (χ4n) is 2.86. The molecule has 27 heavy (non-hydrogen) atoms. The van der Waals surface area contributed by atoms with Gasteiger partial charge in [0.05, 0.1) is 13.2 Å². The summed E-state index contributed by atoms with van der Waals surface area (Å²) in [6.45, 7) is 3.48. The van der Waals surface area contributed by atoms with Crippen LogP contribution in [0.3, 0.4) is 0 Å². The second-order valence-corrected chi connectivity index (χ2v) is 6.51. The van der Waals surface area contributed by atoms with E-state index in [-0.39, 0.29) is 30.0 Å². The van der Waals surface area contributed by atoms with Gasteiger partial charge >= 0.3 is 0 Å². The quantitative estimate of drug-likeness (QED) is 0.360. The molecule has 0 amide bonds. The Balaban J connectivity index is 0.00000364. The number of hydrogen-bond acceptors (Lipinski definition) is 3. The Hall–Kier alpha value is -1.80. The second-order valence-electron chi connectivity index (χ2n) is 6.51. The highest BCUT2D eigenvalue weighted by atomic mass is 127. The maximum absolute atomic E-state index is 5.47. The molecule has 0 heterocycles. The summed E-state index contributed by atoms with van der Waals surface area (Å²) in [7, 11) is 7.67. The fourth-order valence-corrected chi connectivity index (χ4v) is 2.86. The number of aryl methyl sites for hydroxylation is 1. The molecule has 0 radical (unpaired) electrons. The summed E-state index contributed by atoms with van der Waals surface area (Å²) in [5.74, 6) is 1.67. The molecule has 1 unspecified atom stereocenters. The Morgan fingerprint density at radius 3 is 2.41 bits per heavy atom. The van der Waals surface area contributed by atoms with Crippen LogP contribution in [0.15, 0.2) is 53.5 Å². The van der Waals surface area contributed by atoms with E-state index in [9.17, 15) is 0 Å². The van der Waals surface area contributed by atoms with E-state index in [0.717, 1.165) is 23.8 Å². The van der Waals surface area contributed by atoms with Gasteiger partial charge in [-0.1, -0.05) is 42.5 Å². The van der Waals surface area contributed by atoms with E-state index in [4.69, 9.17) is 4.74 Å². The smallest absolute Gasteiger partial charge is 0.191 e. The number of ether oxygens (including phenoxy) is 1. The first-order chi connectivity index (χ1) is 12.5. The van der Waals surface area contributed by atoms with Gasteiger partial charge in [-0.2, -0.15) is 0 Å². The van der Waals surface area contributed by atoms with Gasteiger partial charge in [-0.05, 0) is 38.2 Å². The van der Waals surface area contributed by atoms with Gasteiger partial charge < -0.3 is 20.3 Å². The average Bonchev–Trinajstić information content (AvgIpc) is 2.65. The van der Waals surface area contributed by atoms with E-state index >= 15 is 0 Å². The highest BCUT2D eigenvalue weighted by Gasteiger charge is 2.14. The van der Waals surface area contributed by atoms with Crippen molar-refractivity contribution in [3.63, 3.8) is 0 Å². The van der Waals surface area contributed by atoms with Crippen molar-refractivity contribution in [3.8, 4) is 5.75 Å². The lowest BCUT2D eigenvalue weighted by Crippen LogP contribution is -2.41. The standard InChI is InChI=1S/C21H30N4O.HI/c1-16-11-12-18(20(13-16)26-5)14-23-21(22-2)24-15-19(25(3)4)17-9-7-6-8-10-17;/h6-13,19H,14-15H2,1-5H3,(H2,22,23,24);1H. The third-order valence-corrected chi connectivity index (χ3v) is 4.38. The van der Waals surface area contributed by atoms with Crippen LogP contribution in [0.2, 0.25) is 0 Å². The highest BCUT2D eigenvalue weighted by molar-refractivity contribution is 14.0. The Bertz CT molecular complexity index is 719. The predicted octanol–water partition coefficient (Wildman–Crippen LogP) is 3.59. The van der Waals surface area contributed by atoms with Crippen LogP contribution in [0.4, 0.5) is 0 Å². The molecular formula is C21H31IN4O. The number of hydrogen-bond donors (Lipinski definition) is 2. The van der Waals surface area contributed by atoms with Gasteiger partial charge in [0.1, 0.15) is 5.75 Å². The SMILES string of the molecule is CN=C(NCc1ccc(C)cc1OC)NCC(c1ccccc1)N(C)C.I. The first kappa shape index (κ1) is 23.2. The van der Waals surface area contributed by atoms with Crippen LogP contribution in [0.1, 0.15) is 22.7 Å². The number of nitrogens with zero attached hydrogens (tertiary/aromatic N) is 2. The van der Waals surface area contributed by atoms with Crippen LogP contribution in [-0.2, 0) is 6.54 Å². The monoisotopic (exact) mass is 482 g/mol. The lowest BCUT2D eigenvalue weighted by atomic mass is 10.1. The summed E-state index contributed by atoms with van der Waals surface area (Å²) in [4.78, 5) is 6.54. The van der Waals surface area contributed by atoms with E-state index in [1.165, 1.54) is 11.1 Å². The topological polar surface area (TPSA) is 48.9 Å². The van der Waals surface area contributed by atoms with Gasteiger partial charge in [0.2, 0.25) is 0 Å². The lowest BCUT2D eigenvalue weighted by molar-refractivity contribution is 0.298. The van der Waals surface area contributed by atoms with Gasteiger partial charge in [0.25, 0.3) is 0 Å². The molecule has 1 atom stereocenters. The van der Waals surface area contributed by atoms with Gasteiger partial charge in [0.15, 0.2) is 5.96 Å². The number of halogens is 1. The Morgan fingerprint density at radius 1 is 1.11 bits per heavy atom. The largest absolute Gasteiger partial charge is 0.496 e. The Morgan fingerprint density at radius 2 is 1.81 bits per heavy atom. The zero-order chi connectivity index (χ0) is 18.9. The third kappa shape index (κ3) is 7.03. The molecule has 0 aliphatic heterocycles. The second kappa shape index (κ2) is 11.8. The van der Waals surface area contributed by atoms with Crippen LogP contribution in [0.5, 0.6) is 5.75 Å².